The minimum atomic E-state index is -5.28. The van der Waals surface area contributed by atoms with E-state index >= 15 is 0 Å². The van der Waals surface area contributed by atoms with Gasteiger partial charge in [0.15, 0.2) is 5.71 Å². The van der Waals surface area contributed by atoms with Crippen LogP contribution in [0, 0.1) is 0 Å². The van der Waals surface area contributed by atoms with Crippen molar-refractivity contribution in [2.24, 2.45) is 5.10 Å². The number of aromatic nitrogens is 2. The average Bonchev–Trinajstić information content (AvgIpc) is 3.51. The summed E-state index contributed by atoms with van der Waals surface area (Å²) in [5.74, 6) is -3.05. The number of carbonyl (C=O) groups excluding carboxylic acids is 1. The molecule has 1 aliphatic heterocycles. The summed E-state index contributed by atoms with van der Waals surface area (Å²) in [5, 5.41) is 49.0. The van der Waals surface area contributed by atoms with E-state index in [-0.39, 0.29) is 256 Å². The molecule has 1 aromatic heterocycles. The number of benzene rings is 2. The fourth-order valence-corrected chi connectivity index (χ4v) is 6.12. The second-order valence-corrected chi connectivity index (χ2v) is 13.0. The van der Waals surface area contributed by atoms with Gasteiger partial charge in [-0.15, -0.1) is 0 Å². The Balaban J connectivity index is 0.00000650. The molecule has 3 aromatic rings. The van der Waals surface area contributed by atoms with Gasteiger partial charge < -0.3 is 29.1 Å². The maximum atomic E-state index is 13.4. The minimum absolute atomic E-state index is 0. The van der Waals surface area contributed by atoms with Crippen LogP contribution in [0.4, 0.5) is 5.69 Å². The van der Waals surface area contributed by atoms with Crippen molar-refractivity contribution in [1.29, 1.82) is 0 Å². The molecule has 1 amide bonds. The first-order valence-corrected chi connectivity index (χ1v) is 16.4. The number of nitrogens with zero attached hydrogens (tertiary/aromatic N) is 3. The molecule has 0 spiro atoms. The molecular weight excluding hydrogens is 889 g/mol. The number of aromatic amines is 1. The van der Waals surface area contributed by atoms with Crippen LogP contribution in [0.15, 0.2) is 83.6 Å². The first kappa shape index (κ1) is 54.3. The molecule has 2 aromatic carbocycles. The van der Waals surface area contributed by atoms with E-state index in [1.54, 1.807) is 0 Å². The van der Waals surface area contributed by atoms with Crippen molar-refractivity contribution in [2.45, 2.75) is 26.2 Å². The Morgan fingerprint density at radius 3 is 2.00 bits per heavy atom. The quantitative estimate of drug-likeness (QED) is 0.0338. The number of nitrogens with one attached hydrogen (secondary N) is 1. The van der Waals surface area contributed by atoms with Gasteiger partial charge in [0.1, 0.15) is 26.8 Å². The summed E-state index contributed by atoms with van der Waals surface area (Å²) in [6.45, 7) is -0.730. The number of carbonyl (C=O) groups is 2. The minimum Gasteiger partial charge on any atom is -0.744 e. The van der Waals surface area contributed by atoms with Crippen molar-refractivity contribution >= 4 is 73.7 Å². The maximum absolute atomic E-state index is 13.4. The summed E-state index contributed by atoms with van der Waals surface area (Å²) in [4.78, 5) is 40.7. The molecule has 0 saturated carbocycles. The Kier molecular flexibility index (Phi) is 25.5. The number of hydrogen-bond acceptors (Lipinski definition) is 19. The van der Waals surface area contributed by atoms with Crippen LogP contribution in [0.25, 0.3) is 11.8 Å². The van der Waals surface area contributed by atoms with Gasteiger partial charge in [-0.2, -0.15) is 14.4 Å². The van der Waals surface area contributed by atoms with Gasteiger partial charge in [0.05, 0.1) is 50.0 Å². The second-order valence-electron chi connectivity index (χ2n) is 8.77. The molecule has 3 N–H and O–H groups in total. The van der Waals surface area contributed by atoms with E-state index in [4.69, 9.17) is 5.26 Å². The third-order valence-electron chi connectivity index (χ3n) is 5.98. The van der Waals surface area contributed by atoms with E-state index in [0.29, 0.717) is 4.68 Å². The Morgan fingerprint density at radius 2 is 1.48 bits per heavy atom. The molecule has 52 heavy (non-hydrogen) atoms. The predicted molar refractivity (Wildman–Crippen MR) is 151 cm³/mol. The van der Waals surface area contributed by atoms with Crippen LogP contribution in [-0.2, 0) is 55.0 Å². The first-order chi connectivity index (χ1) is 22.6. The van der Waals surface area contributed by atoms with E-state index in [1.807, 2.05) is 0 Å². The number of anilines is 1. The second kappa shape index (κ2) is 24.4. The van der Waals surface area contributed by atoms with E-state index in [0.717, 1.165) is 54.6 Å². The zero-order valence-electron chi connectivity index (χ0n) is 26.9. The molecule has 0 saturated heterocycles. The molecule has 0 fully saturated rings. The Morgan fingerprint density at radius 1 is 0.923 bits per heavy atom. The SMILES string of the molecule is O=C(O)C1=NN(c2cc(SOO[O-])ccc2S(=O)(=O)[O-])C(=O)/C1=C/C=C/c1c(COO)[nH]n(-c2cc(SO[O-])ccc2S(=O)(=O)[O-])c1=O.[K+].[K+].[K+].[K+]. The van der Waals surface area contributed by atoms with Gasteiger partial charge in [-0.05, 0) is 48.6 Å². The number of H-pyrrole nitrogens is 1. The number of hydrogen-bond donors (Lipinski definition) is 3. The van der Waals surface area contributed by atoms with E-state index in [2.05, 4.69) is 28.8 Å². The summed E-state index contributed by atoms with van der Waals surface area (Å²) >= 11 is 0.477. The van der Waals surface area contributed by atoms with Crippen molar-refractivity contribution < 1.29 is 281 Å². The Bertz CT molecular complexity index is 2160. The standard InChI is InChI=1S/C23H18N4O17S4.4K/c28-21-13(15(10-41-32)24-26(21)16-8-11(45-43-34)4-6-18(16)47(35,36)37)2-1-3-14-20(23(30)31)25-27(22(14)29)17-9-12(46-44-42-33)5-7-19(17)48(38,39)40;;;;/h1-9,24,32-34H,10H2,(H,30,31)(H,35,36,37)(H,38,39,40);;;;/q;4*+1/p-4/b2-1+,14-3+;;;;. The van der Waals surface area contributed by atoms with Crippen molar-refractivity contribution in [3.63, 3.8) is 0 Å². The van der Waals surface area contributed by atoms with Gasteiger partial charge in [0.25, 0.3) is 11.5 Å². The maximum Gasteiger partial charge on any atom is 1.00 e. The summed E-state index contributed by atoms with van der Waals surface area (Å²) in [6.07, 6.45) is 2.75. The van der Waals surface area contributed by atoms with Crippen molar-refractivity contribution in [2.75, 3.05) is 5.01 Å². The Hall–Kier alpha value is 2.33. The number of aliphatic carboxylic acids is 1. The largest absolute Gasteiger partial charge is 1.00 e. The molecule has 0 bridgehead atoms. The third kappa shape index (κ3) is 13.7. The van der Waals surface area contributed by atoms with Gasteiger partial charge in [0.2, 0.25) is 0 Å². The molecule has 29 heteroatoms. The van der Waals surface area contributed by atoms with Crippen LogP contribution in [0.1, 0.15) is 11.3 Å². The zero-order chi connectivity index (χ0) is 35.4. The predicted octanol–water partition coefficient (Wildman–Crippen LogP) is -13.1. The number of allylic oxidation sites excluding steroid dienone is 2. The molecule has 1 aliphatic rings. The van der Waals surface area contributed by atoms with Gasteiger partial charge in [0, 0.05) is 21.8 Å². The molecule has 21 nitrogen and oxygen atoms in total. The number of carboxylic acid groups (broad SMARTS) is 1. The third-order valence-corrected chi connectivity index (χ3v) is 8.83. The molecule has 4 rings (SSSR count). The number of carboxylic acids is 1. The molecule has 2 heterocycles. The van der Waals surface area contributed by atoms with Crippen molar-refractivity contribution in [3.05, 3.63) is 75.7 Å². The smallest absolute Gasteiger partial charge is 0.744 e. The van der Waals surface area contributed by atoms with Crippen LogP contribution in [-0.4, -0.2) is 63.7 Å². The molecular formula is C23H14K4N4O17S4. The fourth-order valence-electron chi connectivity index (χ4n) is 4.09. The number of amides is 1. The van der Waals surface area contributed by atoms with E-state index in [9.17, 15) is 55.9 Å². The number of rotatable bonds is 14. The van der Waals surface area contributed by atoms with Gasteiger partial charge >= 0.3 is 212 Å². The monoisotopic (exact) mass is 902 g/mol. The van der Waals surface area contributed by atoms with Crippen LogP contribution >= 0.6 is 24.1 Å². The molecule has 0 aliphatic carbocycles. The summed E-state index contributed by atoms with van der Waals surface area (Å²) in [5.41, 5.74) is -4.60. The molecule has 0 unspecified atom stereocenters. The number of hydrazone groups is 1. The zero-order valence-corrected chi connectivity index (χ0v) is 42.7. The van der Waals surface area contributed by atoms with E-state index < -0.39 is 76.7 Å². The topological polar surface area (TPSA) is 325 Å². The van der Waals surface area contributed by atoms with Crippen LogP contribution in [0.5, 0.6) is 0 Å². The Labute approximate surface area is 471 Å². The summed E-state index contributed by atoms with van der Waals surface area (Å²) in [7, 11) is -10.5. The first-order valence-electron chi connectivity index (χ1n) is 12.1. The van der Waals surface area contributed by atoms with Gasteiger partial charge in [-0.1, -0.05) is 6.08 Å². The summed E-state index contributed by atoms with van der Waals surface area (Å²) in [6, 6.07) is 5.44. The van der Waals surface area contributed by atoms with Gasteiger partial charge in [-0.3, -0.25) is 25.0 Å². The fraction of sp³-hybridized carbons (Fsp3) is 0.0435. The van der Waals surface area contributed by atoms with Gasteiger partial charge in [-0.25, -0.2) is 31.2 Å². The van der Waals surface area contributed by atoms with Crippen molar-refractivity contribution in [1.82, 2.24) is 9.78 Å². The normalized spacial score (nSPS) is 13.6. The average molecular weight is 903 g/mol. The molecule has 0 radical (unpaired) electrons. The van der Waals surface area contributed by atoms with E-state index in [1.165, 1.54) is 0 Å². The van der Waals surface area contributed by atoms with Crippen molar-refractivity contribution in [3.8, 4) is 5.69 Å². The van der Waals surface area contributed by atoms with Crippen LogP contribution in [0.2, 0.25) is 0 Å². The van der Waals surface area contributed by atoms with Crippen LogP contribution in [0.3, 0.4) is 0 Å². The molecule has 0 atom stereocenters. The molecule has 256 valence electrons. The van der Waals surface area contributed by atoms with Crippen LogP contribution < -0.4 is 227 Å². The summed E-state index contributed by atoms with van der Waals surface area (Å²) < 4.78 is 79.7.